The predicted octanol–water partition coefficient (Wildman–Crippen LogP) is 6.68. The Bertz CT molecular complexity index is 1080. The van der Waals surface area contributed by atoms with Crippen molar-refractivity contribution >= 4 is 5.97 Å². The summed E-state index contributed by atoms with van der Waals surface area (Å²) in [6.45, 7) is 3.66. The molecule has 2 saturated heterocycles. The topological polar surface area (TPSA) is 214 Å². The molecule has 0 aliphatic carbocycles. The number of aliphatic hydroxyl groups excluding tert-OH is 7. The lowest BCUT2D eigenvalue weighted by Crippen LogP contribution is -2.61. The van der Waals surface area contributed by atoms with Crippen molar-refractivity contribution in [2.75, 3.05) is 33.0 Å². The highest BCUT2D eigenvalue weighted by atomic mass is 16.7. The van der Waals surface area contributed by atoms with Gasteiger partial charge in [-0.15, -0.1) is 0 Å². The first-order valence-electron chi connectivity index (χ1n) is 24.8. The molecule has 0 aromatic heterocycles. The summed E-state index contributed by atoms with van der Waals surface area (Å²) in [5.41, 5.74) is 0. The fourth-order valence-corrected chi connectivity index (χ4v) is 7.91. The highest BCUT2D eigenvalue weighted by Crippen LogP contribution is 2.26. The molecule has 0 saturated carbocycles. The smallest absolute Gasteiger partial charge is 0.306 e. The fraction of sp³-hybridized carbons (Fsp3) is 0.938. The van der Waals surface area contributed by atoms with Crippen molar-refractivity contribution in [2.45, 2.75) is 255 Å². The van der Waals surface area contributed by atoms with Gasteiger partial charge in [-0.3, -0.25) is 4.79 Å². The lowest BCUT2D eigenvalue weighted by Gasteiger charge is -2.42. The SMILES string of the molecule is CCCC/C=C\CCCCCCCC(=O)OC(COCCCCCCCCCCCCCCCCCCC)COC1OC(COC2OC(CO)C(O)C(O)C2O)C(O)C(O)C1O. The number of allylic oxidation sites excluding steroid dienone is 2. The molecule has 0 spiro atoms. The van der Waals surface area contributed by atoms with Crippen molar-refractivity contribution < 1.29 is 69.0 Å². The van der Waals surface area contributed by atoms with Crippen LogP contribution in [0, 0.1) is 0 Å². The van der Waals surface area contributed by atoms with Gasteiger partial charge in [0.1, 0.15) is 54.9 Å². The monoisotopic (exact) mass is 891 g/mol. The van der Waals surface area contributed by atoms with Crippen LogP contribution in [-0.2, 0) is 33.2 Å². The molecule has 0 aromatic carbocycles. The second kappa shape index (κ2) is 36.9. The van der Waals surface area contributed by atoms with E-state index in [1.807, 2.05) is 0 Å². The molecule has 2 heterocycles. The minimum Gasteiger partial charge on any atom is -0.457 e. The second-order valence-electron chi connectivity index (χ2n) is 17.6. The average molecular weight is 891 g/mol. The van der Waals surface area contributed by atoms with Gasteiger partial charge in [0.2, 0.25) is 0 Å². The van der Waals surface area contributed by atoms with Gasteiger partial charge in [0.05, 0.1) is 26.4 Å². The summed E-state index contributed by atoms with van der Waals surface area (Å²) in [5, 5.41) is 72.0. The second-order valence-corrected chi connectivity index (χ2v) is 17.6. The number of carbonyl (C=O) groups excluding carboxylic acids is 1. The van der Waals surface area contributed by atoms with Gasteiger partial charge in [0.25, 0.3) is 0 Å². The van der Waals surface area contributed by atoms with E-state index >= 15 is 0 Å². The molecular weight excluding hydrogens is 801 g/mol. The van der Waals surface area contributed by atoms with Crippen molar-refractivity contribution in [3.8, 4) is 0 Å². The van der Waals surface area contributed by atoms with Crippen LogP contribution in [0.3, 0.4) is 0 Å². The molecule has 0 amide bonds. The number of aliphatic hydroxyl groups is 7. The Morgan fingerprint density at radius 3 is 1.52 bits per heavy atom. The Balaban J connectivity index is 1.76. The van der Waals surface area contributed by atoms with Crippen molar-refractivity contribution in [3.63, 3.8) is 0 Å². The molecule has 0 radical (unpaired) electrons. The Hall–Kier alpha value is -1.27. The molecule has 2 aliphatic rings. The van der Waals surface area contributed by atoms with E-state index < -0.39 is 80.7 Å². The van der Waals surface area contributed by atoms with Crippen LogP contribution in [0.1, 0.15) is 187 Å². The molecule has 366 valence electrons. The maximum Gasteiger partial charge on any atom is 0.306 e. The lowest BCUT2D eigenvalue weighted by molar-refractivity contribution is -0.332. The third-order valence-corrected chi connectivity index (χ3v) is 12.0. The van der Waals surface area contributed by atoms with Crippen molar-refractivity contribution in [2.24, 2.45) is 0 Å². The van der Waals surface area contributed by atoms with Crippen LogP contribution in [0.25, 0.3) is 0 Å². The Morgan fingerprint density at radius 2 is 0.968 bits per heavy atom. The third-order valence-electron chi connectivity index (χ3n) is 12.0. The summed E-state index contributed by atoms with van der Waals surface area (Å²) in [4.78, 5) is 12.9. The molecule has 7 N–H and O–H groups in total. The van der Waals surface area contributed by atoms with Crippen LogP contribution in [0.15, 0.2) is 12.2 Å². The molecular formula is C48H90O14. The van der Waals surface area contributed by atoms with Crippen LogP contribution >= 0.6 is 0 Å². The quantitative estimate of drug-likeness (QED) is 0.0195. The van der Waals surface area contributed by atoms with Gasteiger partial charge >= 0.3 is 5.97 Å². The Labute approximate surface area is 374 Å². The number of unbranched alkanes of at least 4 members (excludes halogenated alkanes) is 23. The van der Waals surface area contributed by atoms with Crippen LogP contribution in [0.4, 0.5) is 0 Å². The zero-order chi connectivity index (χ0) is 45.2. The standard InChI is InChI=1S/C48H90O14/c1-3-5-7-9-11-13-15-16-17-18-19-20-22-24-26-28-30-32-57-34-37(60-40(50)31-29-27-25-23-21-14-12-10-8-6-4-2)35-58-47-46(56)44(54)42(52)39(62-47)36-59-48-45(55)43(53)41(51)38(33-49)61-48/h10,12,37-39,41-49,51-56H,3-9,11,13-36H2,1-2H3/b12-10-. The molecule has 2 aliphatic heterocycles. The fourth-order valence-electron chi connectivity index (χ4n) is 7.91. The first kappa shape index (κ1) is 56.9. The van der Waals surface area contributed by atoms with Crippen LogP contribution in [-0.4, -0.2) is 142 Å². The molecule has 14 nitrogen and oxygen atoms in total. The zero-order valence-electron chi connectivity index (χ0n) is 38.6. The van der Waals surface area contributed by atoms with Crippen LogP contribution in [0.5, 0.6) is 0 Å². The number of hydrogen-bond donors (Lipinski definition) is 7. The number of carbonyl (C=O) groups is 1. The van der Waals surface area contributed by atoms with Crippen LogP contribution < -0.4 is 0 Å². The van der Waals surface area contributed by atoms with E-state index in [1.165, 1.54) is 103 Å². The minimum atomic E-state index is -1.70. The summed E-state index contributed by atoms with van der Waals surface area (Å²) in [6.07, 6.45) is 20.0. The highest BCUT2D eigenvalue weighted by molar-refractivity contribution is 5.69. The largest absolute Gasteiger partial charge is 0.457 e. The Kier molecular flexibility index (Phi) is 33.8. The van der Waals surface area contributed by atoms with Gasteiger partial charge in [-0.05, 0) is 32.1 Å². The molecule has 11 unspecified atom stereocenters. The van der Waals surface area contributed by atoms with E-state index in [-0.39, 0.29) is 25.6 Å². The molecule has 0 bridgehead atoms. The summed E-state index contributed by atoms with van der Waals surface area (Å²) in [7, 11) is 0. The van der Waals surface area contributed by atoms with Crippen molar-refractivity contribution in [3.05, 3.63) is 12.2 Å². The molecule has 62 heavy (non-hydrogen) atoms. The van der Waals surface area contributed by atoms with Crippen molar-refractivity contribution in [1.82, 2.24) is 0 Å². The van der Waals surface area contributed by atoms with Gasteiger partial charge in [-0.1, -0.05) is 161 Å². The van der Waals surface area contributed by atoms with E-state index in [1.54, 1.807) is 0 Å². The van der Waals surface area contributed by atoms with E-state index in [4.69, 9.17) is 28.4 Å². The van der Waals surface area contributed by atoms with Gasteiger partial charge in [0, 0.05) is 13.0 Å². The summed E-state index contributed by atoms with van der Waals surface area (Å²) >= 11 is 0. The third kappa shape index (κ3) is 24.9. The molecule has 11 atom stereocenters. The molecule has 2 rings (SSSR count). The van der Waals surface area contributed by atoms with E-state index in [0.29, 0.717) is 13.0 Å². The maximum absolute atomic E-state index is 12.9. The molecule has 0 aromatic rings. The predicted molar refractivity (Wildman–Crippen MR) is 238 cm³/mol. The number of esters is 1. The van der Waals surface area contributed by atoms with Gasteiger partial charge in [-0.25, -0.2) is 0 Å². The van der Waals surface area contributed by atoms with E-state index in [9.17, 15) is 40.5 Å². The summed E-state index contributed by atoms with van der Waals surface area (Å²) in [6, 6.07) is 0. The average Bonchev–Trinajstić information content (AvgIpc) is 3.27. The summed E-state index contributed by atoms with van der Waals surface area (Å²) in [5.74, 6) is -0.384. The maximum atomic E-state index is 12.9. The van der Waals surface area contributed by atoms with Gasteiger partial charge in [-0.2, -0.15) is 0 Å². The zero-order valence-corrected chi connectivity index (χ0v) is 38.6. The Morgan fingerprint density at radius 1 is 0.516 bits per heavy atom. The molecule has 2 fully saturated rings. The number of ether oxygens (including phenoxy) is 6. The van der Waals surface area contributed by atoms with E-state index in [2.05, 4.69) is 26.0 Å². The lowest BCUT2D eigenvalue weighted by atomic mass is 9.98. The normalized spacial score (nSPS) is 27.2. The number of hydrogen-bond acceptors (Lipinski definition) is 14. The summed E-state index contributed by atoms with van der Waals surface area (Å²) < 4.78 is 34.2. The van der Waals surface area contributed by atoms with Gasteiger partial charge < -0.3 is 64.2 Å². The first-order valence-corrected chi connectivity index (χ1v) is 24.8. The van der Waals surface area contributed by atoms with Crippen molar-refractivity contribution in [1.29, 1.82) is 0 Å². The highest BCUT2D eigenvalue weighted by Gasteiger charge is 2.47. The first-order chi connectivity index (χ1) is 30.1. The minimum absolute atomic E-state index is 0.0635. The van der Waals surface area contributed by atoms with E-state index in [0.717, 1.165) is 57.8 Å². The van der Waals surface area contributed by atoms with Gasteiger partial charge in [0.15, 0.2) is 12.6 Å². The number of rotatable bonds is 39. The van der Waals surface area contributed by atoms with Crippen LogP contribution in [0.2, 0.25) is 0 Å². The molecule has 14 heteroatoms.